The predicted octanol–water partition coefficient (Wildman–Crippen LogP) is 4.36. The smallest absolute Gasteiger partial charge is 0.158 e. The first kappa shape index (κ1) is 13.9. The highest BCUT2D eigenvalue weighted by atomic mass is 35.5. The van der Waals surface area contributed by atoms with Crippen molar-refractivity contribution in [3.05, 3.63) is 63.6 Å². The molecule has 19 heavy (non-hydrogen) atoms. The average molecular weight is 295 g/mol. The molecule has 2 aromatic carbocycles. The third-order valence-electron chi connectivity index (χ3n) is 2.57. The molecular weight excluding hydrogens is 283 g/mol. The van der Waals surface area contributed by atoms with E-state index in [9.17, 15) is 5.21 Å². The normalized spacial score (nSPS) is 11.5. The van der Waals surface area contributed by atoms with Crippen molar-refractivity contribution >= 4 is 34.7 Å². The molecule has 2 N–H and O–H groups in total. The molecule has 0 saturated carbocycles. The van der Waals surface area contributed by atoms with Crippen molar-refractivity contribution < 1.29 is 5.21 Å². The molecule has 0 aromatic heterocycles. The van der Waals surface area contributed by atoms with Gasteiger partial charge in [0.25, 0.3) is 0 Å². The number of aliphatic imine (C=N–C) groups is 1. The van der Waals surface area contributed by atoms with Crippen LogP contribution in [-0.2, 0) is 0 Å². The van der Waals surface area contributed by atoms with E-state index in [0.717, 1.165) is 5.56 Å². The molecule has 0 saturated heterocycles. The minimum Gasteiger partial charge on any atom is -0.290 e. The van der Waals surface area contributed by atoms with Gasteiger partial charge in [-0.05, 0) is 37.3 Å². The lowest BCUT2D eigenvalue weighted by atomic mass is 10.2. The van der Waals surface area contributed by atoms with Crippen LogP contribution in [-0.4, -0.2) is 11.0 Å². The Hall–Kier alpha value is -1.55. The van der Waals surface area contributed by atoms with Crippen LogP contribution in [0.2, 0.25) is 10.0 Å². The fourth-order valence-electron chi connectivity index (χ4n) is 1.58. The van der Waals surface area contributed by atoms with E-state index in [1.165, 1.54) is 0 Å². The average Bonchev–Trinajstić information content (AvgIpc) is 2.39. The second-order valence-electron chi connectivity index (χ2n) is 4.03. The molecule has 0 heterocycles. The predicted molar refractivity (Wildman–Crippen MR) is 78.8 cm³/mol. The Bertz CT molecular complexity index is 609. The maximum atomic E-state index is 9.22. The molecule has 5 heteroatoms. The van der Waals surface area contributed by atoms with Crippen molar-refractivity contribution in [3.63, 3.8) is 0 Å². The van der Waals surface area contributed by atoms with Crippen LogP contribution < -0.4 is 5.48 Å². The zero-order valence-corrected chi connectivity index (χ0v) is 11.7. The zero-order valence-electron chi connectivity index (χ0n) is 10.2. The van der Waals surface area contributed by atoms with Crippen molar-refractivity contribution in [2.24, 2.45) is 4.99 Å². The standard InChI is InChI=1S/C14H12Cl2N2O/c1-9-2-5-11(6-3-9)17-14(18-19)12-7-4-10(15)8-13(12)16/h2-8,19H,1H3,(H,17,18). The summed E-state index contributed by atoms with van der Waals surface area (Å²) in [5, 5.41) is 10.2. The van der Waals surface area contributed by atoms with E-state index >= 15 is 0 Å². The molecule has 0 atom stereocenters. The second kappa shape index (κ2) is 6.06. The molecule has 0 amide bonds. The summed E-state index contributed by atoms with van der Waals surface area (Å²) in [6.07, 6.45) is 0. The molecule has 0 bridgehead atoms. The van der Waals surface area contributed by atoms with Gasteiger partial charge in [-0.25, -0.2) is 4.99 Å². The highest BCUT2D eigenvalue weighted by molar-refractivity contribution is 6.37. The van der Waals surface area contributed by atoms with E-state index in [1.807, 2.05) is 31.2 Å². The Labute approximate surface area is 121 Å². The fraction of sp³-hybridized carbons (Fsp3) is 0.0714. The number of hydrogen-bond acceptors (Lipinski definition) is 2. The second-order valence-corrected chi connectivity index (χ2v) is 4.88. The number of halogens is 2. The van der Waals surface area contributed by atoms with Gasteiger partial charge in [-0.3, -0.25) is 10.7 Å². The number of amidine groups is 1. The zero-order chi connectivity index (χ0) is 13.8. The quantitative estimate of drug-likeness (QED) is 0.491. The van der Waals surface area contributed by atoms with Crippen molar-refractivity contribution in [2.45, 2.75) is 6.92 Å². The largest absolute Gasteiger partial charge is 0.290 e. The summed E-state index contributed by atoms with van der Waals surface area (Å²) in [5.74, 6) is 0.269. The van der Waals surface area contributed by atoms with E-state index in [0.29, 0.717) is 21.3 Å². The van der Waals surface area contributed by atoms with Crippen LogP contribution in [0.25, 0.3) is 0 Å². The molecule has 0 spiro atoms. The Morgan fingerprint density at radius 2 is 1.79 bits per heavy atom. The van der Waals surface area contributed by atoms with Crippen LogP contribution in [0.15, 0.2) is 47.5 Å². The van der Waals surface area contributed by atoms with Gasteiger partial charge in [0, 0.05) is 10.6 Å². The first-order valence-corrected chi connectivity index (χ1v) is 6.36. The van der Waals surface area contributed by atoms with Gasteiger partial charge in [-0.15, -0.1) is 0 Å². The monoisotopic (exact) mass is 294 g/mol. The maximum Gasteiger partial charge on any atom is 0.158 e. The third kappa shape index (κ3) is 3.47. The number of hydroxylamine groups is 1. The summed E-state index contributed by atoms with van der Waals surface area (Å²) >= 11 is 11.9. The van der Waals surface area contributed by atoms with Crippen LogP contribution in [0.5, 0.6) is 0 Å². The molecule has 0 aliphatic carbocycles. The van der Waals surface area contributed by atoms with Crippen LogP contribution >= 0.6 is 23.2 Å². The molecule has 0 aliphatic heterocycles. The Morgan fingerprint density at radius 1 is 1.11 bits per heavy atom. The molecule has 3 nitrogen and oxygen atoms in total. The number of nitrogens with one attached hydrogen (secondary N) is 1. The molecule has 2 aromatic rings. The lowest BCUT2D eigenvalue weighted by molar-refractivity contribution is 0.235. The Morgan fingerprint density at radius 3 is 2.37 bits per heavy atom. The summed E-state index contributed by atoms with van der Waals surface area (Å²) in [6, 6.07) is 12.6. The third-order valence-corrected chi connectivity index (χ3v) is 3.11. The number of rotatable bonds is 2. The lowest BCUT2D eigenvalue weighted by Crippen LogP contribution is -2.20. The van der Waals surface area contributed by atoms with Crippen molar-refractivity contribution in [3.8, 4) is 0 Å². The molecule has 0 aliphatic rings. The van der Waals surface area contributed by atoms with Crippen molar-refractivity contribution in [2.75, 3.05) is 0 Å². The van der Waals surface area contributed by atoms with Gasteiger partial charge < -0.3 is 0 Å². The van der Waals surface area contributed by atoms with Gasteiger partial charge >= 0.3 is 0 Å². The molecule has 98 valence electrons. The molecule has 0 unspecified atom stereocenters. The summed E-state index contributed by atoms with van der Waals surface area (Å²) in [5.41, 5.74) is 4.50. The van der Waals surface area contributed by atoms with Gasteiger partial charge in [0.2, 0.25) is 0 Å². The summed E-state index contributed by atoms with van der Waals surface area (Å²) in [6.45, 7) is 1.99. The Kier molecular flexibility index (Phi) is 4.43. The minimum atomic E-state index is 0.269. The molecule has 0 fully saturated rings. The number of hydrogen-bond donors (Lipinski definition) is 2. The van der Waals surface area contributed by atoms with Gasteiger partial charge in [0.15, 0.2) is 5.84 Å². The number of benzene rings is 2. The summed E-state index contributed by atoms with van der Waals surface area (Å²) in [4.78, 5) is 4.31. The highest BCUT2D eigenvalue weighted by Crippen LogP contribution is 2.22. The maximum absolute atomic E-state index is 9.22. The first-order chi connectivity index (χ1) is 9.10. The van der Waals surface area contributed by atoms with Gasteiger partial charge in [-0.1, -0.05) is 40.9 Å². The summed E-state index contributed by atoms with van der Waals surface area (Å²) < 4.78 is 0. The van der Waals surface area contributed by atoms with Crippen LogP contribution in [0, 0.1) is 6.92 Å². The lowest BCUT2D eigenvalue weighted by Gasteiger charge is -2.07. The minimum absolute atomic E-state index is 0.269. The number of aryl methyl sites for hydroxylation is 1. The van der Waals surface area contributed by atoms with Crippen molar-refractivity contribution in [1.29, 1.82) is 0 Å². The van der Waals surface area contributed by atoms with E-state index in [1.54, 1.807) is 18.2 Å². The fourth-order valence-corrected chi connectivity index (χ4v) is 2.07. The van der Waals surface area contributed by atoms with Gasteiger partial charge in [0.1, 0.15) is 0 Å². The van der Waals surface area contributed by atoms with Crippen LogP contribution in [0.1, 0.15) is 11.1 Å². The van der Waals surface area contributed by atoms with Crippen molar-refractivity contribution in [1.82, 2.24) is 5.48 Å². The molecular formula is C14H12Cl2N2O. The van der Waals surface area contributed by atoms with E-state index < -0.39 is 0 Å². The Balaban J connectivity index is 2.41. The molecule has 0 radical (unpaired) electrons. The van der Waals surface area contributed by atoms with Crippen LogP contribution in [0.3, 0.4) is 0 Å². The summed E-state index contributed by atoms with van der Waals surface area (Å²) in [7, 11) is 0. The van der Waals surface area contributed by atoms with E-state index in [4.69, 9.17) is 23.2 Å². The van der Waals surface area contributed by atoms with E-state index in [-0.39, 0.29) is 5.84 Å². The first-order valence-electron chi connectivity index (χ1n) is 5.61. The van der Waals surface area contributed by atoms with E-state index in [2.05, 4.69) is 10.5 Å². The molecule has 2 rings (SSSR count). The highest BCUT2D eigenvalue weighted by Gasteiger charge is 2.08. The van der Waals surface area contributed by atoms with Gasteiger partial charge in [0.05, 0.1) is 10.7 Å². The SMILES string of the molecule is Cc1ccc(N=C(NO)c2ccc(Cl)cc2Cl)cc1. The van der Waals surface area contributed by atoms with Crippen LogP contribution in [0.4, 0.5) is 5.69 Å². The van der Waals surface area contributed by atoms with Gasteiger partial charge in [-0.2, -0.15) is 0 Å². The topological polar surface area (TPSA) is 44.6 Å². The number of nitrogens with zero attached hydrogens (tertiary/aromatic N) is 1.